The highest BCUT2D eigenvalue weighted by atomic mass is 32.1. The first-order valence-electron chi connectivity index (χ1n) is 10.2. The molecule has 1 amide bonds. The molecule has 0 aliphatic rings. The summed E-state index contributed by atoms with van der Waals surface area (Å²) in [6.45, 7) is 4.87. The molecule has 0 atom stereocenters. The maximum atomic E-state index is 12.8. The molecule has 0 bridgehead atoms. The van der Waals surface area contributed by atoms with Gasteiger partial charge >= 0.3 is 0 Å². The van der Waals surface area contributed by atoms with E-state index in [2.05, 4.69) is 27.4 Å². The van der Waals surface area contributed by atoms with Gasteiger partial charge in [-0.1, -0.05) is 24.3 Å². The molecule has 166 valence electrons. The third-order valence-electron chi connectivity index (χ3n) is 5.33. The van der Waals surface area contributed by atoms with E-state index in [0.29, 0.717) is 17.1 Å². The van der Waals surface area contributed by atoms with Gasteiger partial charge in [0.05, 0.1) is 24.0 Å². The smallest absolute Gasteiger partial charge is 0.262 e. The van der Waals surface area contributed by atoms with Crippen LogP contribution in [0.4, 0.5) is 5.13 Å². The maximum Gasteiger partial charge on any atom is 0.262 e. The molecule has 0 fully saturated rings. The molecule has 0 saturated heterocycles. The molecular weight excluding hydrogens is 444 g/mol. The van der Waals surface area contributed by atoms with E-state index in [-0.39, 0.29) is 24.4 Å². The lowest BCUT2D eigenvalue weighted by Gasteiger charge is -2.05. The van der Waals surface area contributed by atoms with E-state index in [1.54, 1.807) is 7.11 Å². The lowest BCUT2D eigenvalue weighted by atomic mass is 10.1. The molecule has 32 heavy (non-hydrogen) atoms. The van der Waals surface area contributed by atoms with E-state index in [9.17, 15) is 9.59 Å². The summed E-state index contributed by atoms with van der Waals surface area (Å²) in [6.07, 6.45) is 2.55. The monoisotopic (exact) mass is 468 g/mol. The van der Waals surface area contributed by atoms with Crippen LogP contribution in [0.5, 0.6) is 0 Å². The second-order valence-electron chi connectivity index (χ2n) is 7.48. The lowest BCUT2D eigenvalue weighted by Crippen LogP contribution is -2.23. The van der Waals surface area contributed by atoms with Crippen LogP contribution < -0.4 is 10.9 Å². The van der Waals surface area contributed by atoms with Crippen molar-refractivity contribution in [3.63, 3.8) is 0 Å². The third kappa shape index (κ3) is 4.79. The highest BCUT2D eigenvalue weighted by molar-refractivity contribution is 7.18. The molecule has 4 rings (SSSR count). The van der Waals surface area contributed by atoms with E-state index >= 15 is 0 Å². The Hall–Kier alpha value is -2.88. The van der Waals surface area contributed by atoms with Crippen LogP contribution in [0, 0.1) is 13.8 Å². The van der Waals surface area contributed by atoms with Gasteiger partial charge in [0.15, 0.2) is 5.13 Å². The van der Waals surface area contributed by atoms with Crippen LogP contribution in [0.2, 0.25) is 0 Å². The van der Waals surface area contributed by atoms with Crippen LogP contribution in [-0.2, 0) is 22.5 Å². The second kappa shape index (κ2) is 9.72. The summed E-state index contributed by atoms with van der Waals surface area (Å²) in [4.78, 5) is 35.9. The zero-order valence-corrected chi connectivity index (χ0v) is 19.8. The fourth-order valence-corrected chi connectivity index (χ4v) is 5.08. The van der Waals surface area contributed by atoms with Crippen molar-refractivity contribution in [2.45, 2.75) is 33.2 Å². The number of ether oxygens (including phenoxy) is 1. The summed E-state index contributed by atoms with van der Waals surface area (Å²) in [7, 11) is 1.69. The number of hydrogen-bond acceptors (Lipinski definition) is 7. The number of carbonyl (C=O) groups excluding carboxylic acids is 1. The number of methoxy groups -OCH3 is 1. The topological polar surface area (TPSA) is 86.1 Å². The van der Waals surface area contributed by atoms with Crippen molar-refractivity contribution in [3.8, 4) is 11.3 Å². The Morgan fingerprint density at radius 2 is 2.00 bits per heavy atom. The first-order valence-corrected chi connectivity index (χ1v) is 11.9. The number of thiazole rings is 1. The molecule has 0 spiro atoms. The summed E-state index contributed by atoms with van der Waals surface area (Å²) in [5, 5.41) is 5.94. The Morgan fingerprint density at radius 3 is 2.75 bits per heavy atom. The van der Waals surface area contributed by atoms with Gasteiger partial charge in [0, 0.05) is 35.9 Å². The number of amides is 1. The van der Waals surface area contributed by atoms with Gasteiger partial charge in [-0.2, -0.15) is 0 Å². The van der Waals surface area contributed by atoms with Crippen LogP contribution >= 0.6 is 22.7 Å². The number of hydrogen-bond donors (Lipinski definition) is 1. The van der Waals surface area contributed by atoms with Crippen molar-refractivity contribution in [2.24, 2.45) is 0 Å². The molecule has 0 aliphatic carbocycles. The molecule has 9 heteroatoms. The van der Waals surface area contributed by atoms with E-state index in [4.69, 9.17) is 4.74 Å². The molecule has 1 aromatic carbocycles. The summed E-state index contributed by atoms with van der Waals surface area (Å²) in [5.74, 6) is -0.189. The quantitative estimate of drug-likeness (QED) is 0.414. The summed E-state index contributed by atoms with van der Waals surface area (Å²) in [6, 6.07) is 8.17. The van der Waals surface area contributed by atoms with Gasteiger partial charge in [0.2, 0.25) is 5.91 Å². The van der Waals surface area contributed by atoms with Crippen LogP contribution in [0.1, 0.15) is 22.4 Å². The number of rotatable bonds is 8. The summed E-state index contributed by atoms with van der Waals surface area (Å²) < 4.78 is 6.61. The predicted octanol–water partition coefficient (Wildman–Crippen LogP) is 4.42. The minimum Gasteiger partial charge on any atom is -0.384 e. The van der Waals surface area contributed by atoms with Crippen molar-refractivity contribution in [2.75, 3.05) is 19.0 Å². The Morgan fingerprint density at radius 1 is 1.22 bits per heavy atom. The molecule has 4 aromatic rings. The van der Waals surface area contributed by atoms with Gasteiger partial charge in [-0.3, -0.25) is 14.2 Å². The molecule has 0 radical (unpaired) electrons. The fourth-order valence-electron chi connectivity index (χ4n) is 3.36. The average Bonchev–Trinajstić information content (AvgIpc) is 3.36. The van der Waals surface area contributed by atoms with Gasteiger partial charge in [-0.25, -0.2) is 9.97 Å². The summed E-state index contributed by atoms with van der Waals surface area (Å²) >= 11 is 2.90. The zero-order valence-electron chi connectivity index (χ0n) is 18.2. The number of fused-ring (bicyclic) bond motifs is 1. The summed E-state index contributed by atoms with van der Waals surface area (Å²) in [5.41, 5.74) is 3.88. The highest BCUT2D eigenvalue weighted by Crippen LogP contribution is 2.26. The Kier molecular flexibility index (Phi) is 6.78. The normalized spacial score (nSPS) is 11.2. The first kappa shape index (κ1) is 22.3. The number of aryl methyl sites for hydroxylation is 3. The molecule has 1 N–H and O–H groups in total. The number of carbonyl (C=O) groups is 1. The van der Waals surface area contributed by atoms with Crippen LogP contribution in [-0.4, -0.2) is 34.2 Å². The zero-order chi connectivity index (χ0) is 22.7. The fraction of sp³-hybridized carbons (Fsp3) is 0.304. The minimum atomic E-state index is -0.189. The van der Waals surface area contributed by atoms with Gasteiger partial charge in [0.25, 0.3) is 5.56 Å². The molecule has 0 unspecified atom stereocenters. The minimum absolute atomic E-state index is 0.102. The molecule has 0 saturated carbocycles. The van der Waals surface area contributed by atoms with E-state index in [1.165, 1.54) is 39.1 Å². The highest BCUT2D eigenvalue weighted by Gasteiger charge is 2.13. The molecule has 3 heterocycles. The van der Waals surface area contributed by atoms with Gasteiger partial charge in [-0.05, 0) is 31.4 Å². The molecule has 3 aromatic heterocycles. The van der Waals surface area contributed by atoms with Gasteiger partial charge in [0.1, 0.15) is 4.83 Å². The van der Waals surface area contributed by atoms with Crippen molar-refractivity contribution in [3.05, 3.63) is 62.3 Å². The second-order valence-corrected chi connectivity index (χ2v) is 9.54. The van der Waals surface area contributed by atoms with Crippen molar-refractivity contribution >= 4 is 43.9 Å². The number of thiophene rings is 1. The van der Waals surface area contributed by atoms with Crippen LogP contribution in [0.3, 0.4) is 0 Å². The lowest BCUT2D eigenvalue weighted by molar-refractivity contribution is -0.116. The largest absolute Gasteiger partial charge is 0.384 e. The molecular formula is C23H24N4O3S2. The van der Waals surface area contributed by atoms with Crippen molar-refractivity contribution < 1.29 is 9.53 Å². The first-order chi connectivity index (χ1) is 15.5. The SMILES string of the molecule is COCCc1ccc(-c2csc(NC(=O)CCn3cnc4sc(C)c(C)c4c3=O)n2)cc1. The maximum absolute atomic E-state index is 12.8. The number of aromatic nitrogens is 3. The van der Waals surface area contributed by atoms with Crippen LogP contribution in [0.25, 0.3) is 21.5 Å². The van der Waals surface area contributed by atoms with Crippen molar-refractivity contribution in [1.82, 2.24) is 14.5 Å². The van der Waals surface area contributed by atoms with Crippen LogP contribution in [0.15, 0.2) is 40.8 Å². The number of benzene rings is 1. The van der Waals surface area contributed by atoms with E-state index in [0.717, 1.165) is 32.9 Å². The average molecular weight is 469 g/mol. The van der Waals surface area contributed by atoms with Gasteiger partial charge < -0.3 is 10.1 Å². The standard InChI is InChI=1S/C23H24N4O3S2/c1-14-15(2)32-21-20(14)22(29)27(13-24-21)10-8-19(28)26-23-25-18(12-31-23)17-6-4-16(5-7-17)9-11-30-3/h4-7,12-13H,8-11H2,1-3H3,(H,25,26,28). The third-order valence-corrected chi connectivity index (χ3v) is 7.20. The predicted molar refractivity (Wildman–Crippen MR) is 130 cm³/mol. The van der Waals surface area contributed by atoms with Crippen molar-refractivity contribution in [1.29, 1.82) is 0 Å². The van der Waals surface area contributed by atoms with E-state index in [1.807, 2.05) is 31.4 Å². The number of anilines is 1. The number of nitrogens with one attached hydrogen (secondary N) is 1. The Balaban J connectivity index is 1.38. The number of nitrogens with zero attached hydrogens (tertiary/aromatic N) is 3. The Bertz CT molecular complexity index is 1310. The van der Waals surface area contributed by atoms with Gasteiger partial charge in [-0.15, -0.1) is 22.7 Å². The Labute approximate surface area is 193 Å². The van der Waals surface area contributed by atoms with E-state index < -0.39 is 0 Å². The molecule has 0 aliphatic heterocycles. The molecule has 7 nitrogen and oxygen atoms in total.